The van der Waals surface area contributed by atoms with Crippen LogP contribution in [0.25, 0.3) is 0 Å². The summed E-state index contributed by atoms with van der Waals surface area (Å²) in [5.41, 5.74) is -2.74. The smallest absolute Gasteiger partial charge is 0.445 e. The lowest BCUT2D eigenvalue weighted by atomic mass is 9.70. The van der Waals surface area contributed by atoms with Crippen molar-refractivity contribution in [3.8, 4) is 0 Å². The number of hydrogen-bond donors (Lipinski definition) is 0. The summed E-state index contributed by atoms with van der Waals surface area (Å²) in [4.78, 5) is 13.0. The topological polar surface area (TPSA) is 29.5 Å². The van der Waals surface area contributed by atoms with Crippen molar-refractivity contribution < 1.29 is 22.5 Å². The minimum Gasteiger partial charge on any atom is -0.445 e. The summed E-state index contributed by atoms with van der Waals surface area (Å²) >= 11 is 0. The van der Waals surface area contributed by atoms with E-state index < -0.39 is 29.7 Å². The van der Waals surface area contributed by atoms with E-state index in [9.17, 15) is 17.7 Å². The molecule has 0 aliphatic carbocycles. The number of ether oxygens (including phenoxy) is 1. The summed E-state index contributed by atoms with van der Waals surface area (Å²) in [5, 5.41) is 0. The molecule has 1 aliphatic rings. The Kier molecular flexibility index (Phi) is 3.49. The molecule has 1 amide bonds. The predicted octanol–water partition coefficient (Wildman–Crippen LogP) is 3.33. The molecule has 0 saturated heterocycles. The van der Waals surface area contributed by atoms with Crippen LogP contribution in [-0.4, -0.2) is 35.7 Å². The molecule has 7 heteroatoms. The predicted molar refractivity (Wildman–Crippen MR) is 64.2 cm³/mol. The first kappa shape index (κ1) is 14.9. The number of carbonyl (C=O) groups is 1. The van der Waals surface area contributed by atoms with E-state index in [1.54, 1.807) is 20.8 Å². The Hall–Kier alpha value is -1.14. The van der Waals surface area contributed by atoms with Crippen molar-refractivity contribution in [1.29, 1.82) is 0 Å². The highest BCUT2D eigenvalue weighted by atomic mass is 19.4. The molecule has 0 unspecified atom stereocenters. The zero-order valence-electron chi connectivity index (χ0n) is 11.3. The van der Waals surface area contributed by atoms with Crippen molar-refractivity contribution in [3.63, 3.8) is 0 Å². The molecule has 0 N–H and O–H groups in total. The summed E-state index contributed by atoms with van der Waals surface area (Å²) in [6, 6.07) is 0. The minimum absolute atomic E-state index is 0.0709. The third-order valence-corrected chi connectivity index (χ3v) is 2.84. The van der Waals surface area contributed by atoms with Crippen LogP contribution in [0.15, 0.2) is 11.5 Å². The number of amides is 1. The molecule has 0 aromatic rings. The molecule has 104 valence electrons. The molecule has 1 aliphatic heterocycles. The molecule has 18 heavy (non-hydrogen) atoms. The number of hydrogen-bond acceptors (Lipinski definition) is 2. The van der Waals surface area contributed by atoms with E-state index in [0.29, 0.717) is 0 Å². The van der Waals surface area contributed by atoms with Gasteiger partial charge in [-0.2, -0.15) is 0 Å². The lowest BCUT2D eigenvalue weighted by Crippen LogP contribution is -2.50. The lowest BCUT2D eigenvalue weighted by Gasteiger charge is -2.39. The van der Waals surface area contributed by atoms with Crippen LogP contribution >= 0.6 is 0 Å². The van der Waals surface area contributed by atoms with Gasteiger partial charge in [0.25, 0.3) is 0 Å². The normalized spacial score (nSPS) is 19.8. The highest BCUT2D eigenvalue weighted by molar-refractivity contribution is 6.67. The van der Waals surface area contributed by atoms with Crippen LogP contribution in [0.5, 0.6) is 0 Å². The van der Waals surface area contributed by atoms with E-state index in [1.807, 2.05) is 0 Å². The number of rotatable bonds is 1. The summed E-state index contributed by atoms with van der Waals surface area (Å²) in [5.74, 6) is 0. The van der Waals surface area contributed by atoms with E-state index in [0.717, 1.165) is 11.0 Å². The number of carbonyl (C=O) groups excluding carboxylic acids is 1. The molecule has 1 heterocycles. The van der Waals surface area contributed by atoms with Gasteiger partial charge in [-0.25, -0.2) is 4.79 Å². The maximum atomic E-state index is 12.8. The van der Waals surface area contributed by atoms with Gasteiger partial charge in [-0.15, -0.1) is 5.47 Å². The van der Waals surface area contributed by atoms with Gasteiger partial charge in [0.15, 0.2) is 0 Å². The Morgan fingerprint density at radius 2 is 1.89 bits per heavy atom. The molecular formula is C11H18BF3NO2-. The Morgan fingerprint density at radius 1 is 1.39 bits per heavy atom. The molecule has 3 nitrogen and oxygen atoms in total. The van der Waals surface area contributed by atoms with E-state index >= 15 is 0 Å². The van der Waals surface area contributed by atoms with Gasteiger partial charge < -0.3 is 17.7 Å². The van der Waals surface area contributed by atoms with Crippen LogP contribution in [0.3, 0.4) is 0 Å². The minimum atomic E-state index is -5.09. The molecule has 0 atom stereocenters. The quantitative estimate of drug-likeness (QED) is 0.680. The first-order valence-electron chi connectivity index (χ1n) is 5.77. The van der Waals surface area contributed by atoms with Crippen LogP contribution < -0.4 is 0 Å². The third-order valence-electron chi connectivity index (χ3n) is 2.84. The van der Waals surface area contributed by atoms with Gasteiger partial charge in [0.05, 0.1) is 0 Å². The fraction of sp³-hybridized carbons (Fsp3) is 0.727. The summed E-state index contributed by atoms with van der Waals surface area (Å²) < 4.78 is 43.7. The maximum Gasteiger partial charge on any atom is 0.507 e. The number of halogens is 3. The second kappa shape index (κ2) is 4.21. The molecular weight excluding hydrogens is 246 g/mol. The van der Waals surface area contributed by atoms with Crippen molar-refractivity contribution in [1.82, 2.24) is 4.90 Å². The highest BCUT2D eigenvalue weighted by Gasteiger charge is 2.47. The van der Waals surface area contributed by atoms with Gasteiger partial charge in [-0.3, -0.25) is 4.90 Å². The molecule has 0 radical (unpaired) electrons. The van der Waals surface area contributed by atoms with Crippen LogP contribution in [0.4, 0.5) is 17.7 Å². The standard InChI is InChI=1S/C11H18BF3NO2/c1-10(2,3)18-9(17)16-7-6-8(11(16,4)5)12(13,14)15/h6H,7H2,1-5H3/q-1. The van der Waals surface area contributed by atoms with E-state index in [-0.39, 0.29) is 6.54 Å². The fourth-order valence-electron chi connectivity index (χ4n) is 1.98. The zero-order chi connectivity index (χ0) is 14.4. The third kappa shape index (κ3) is 3.00. The maximum absolute atomic E-state index is 12.8. The van der Waals surface area contributed by atoms with Crippen molar-refractivity contribution in [3.05, 3.63) is 11.5 Å². The molecule has 0 spiro atoms. The zero-order valence-corrected chi connectivity index (χ0v) is 11.3. The molecule has 0 aromatic heterocycles. The average molecular weight is 264 g/mol. The van der Waals surface area contributed by atoms with E-state index in [2.05, 4.69) is 0 Å². The Balaban J connectivity index is 2.89. The molecule has 1 rings (SSSR count). The van der Waals surface area contributed by atoms with Crippen molar-refractivity contribution in [2.24, 2.45) is 0 Å². The lowest BCUT2D eigenvalue weighted by molar-refractivity contribution is 0.0156. The van der Waals surface area contributed by atoms with Crippen LogP contribution in [-0.2, 0) is 4.74 Å². The molecule has 0 bridgehead atoms. The van der Waals surface area contributed by atoms with Gasteiger partial charge in [-0.05, 0) is 34.6 Å². The van der Waals surface area contributed by atoms with Crippen LogP contribution in [0.2, 0.25) is 0 Å². The largest absolute Gasteiger partial charge is 0.507 e. The van der Waals surface area contributed by atoms with Crippen molar-refractivity contribution in [2.75, 3.05) is 6.54 Å². The highest BCUT2D eigenvalue weighted by Crippen LogP contribution is 2.38. The Labute approximate surface area is 105 Å². The first-order chi connectivity index (χ1) is 7.86. The molecule has 0 saturated carbocycles. The average Bonchev–Trinajstić information content (AvgIpc) is 2.35. The first-order valence-corrected chi connectivity index (χ1v) is 5.77. The summed E-state index contributed by atoms with van der Waals surface area (Å²) in [7, 11) is 0. The summed E-state index contributed by atoms with van der Waals surface area (Å²) in [6.45, 7) is 2.63. The van der Waals surface area contributed by atoms with E-state index in [1.165, 1.54) is 13.8 Å². The van der Waals surface area contributed by atoms with Crippen LogP contribution in [0, 0.1) is 0 Å². The van der Waals surface area contributed by atoms with Crippen molar-refractivity contribution in [2.45, 2.75) is 45.8 Å². The van der Waals surface area contributed by atoms with Gasteiger partial charge in [-0.1, -0.05) is 6.08 Å². The second-order valence-corrected chi connectivity index (χ2v) is 5.88. The monoisotopic (exact) mass is 264 g/mol. The molecule has 0 fully saturated rings. The van der Waals surface area contributed by atoms with Crippen molar-refractivity contribution >= 4 is 13.1 Å². The van der Waals surface area contributed by atoms with Gasteiger partial charge in [0.2, 0.25) is 0 Å². The van der Waals surface area contributed by atoms with Gasteiger partial charge in [0.1, 0.15) is 5.60 Å². The SMILES string of the molecule is CC(C)(C)OC(=O)N1CC=C([B-](F)(F)F)C1(C)C. The molecule has 0 aromatic carbocycles. The summed E-state index contributed by atoms with van der Waals surface area (Å²) in [6.07, 6.45) is 0.336. The number of nitrogens with zero attached hydrogens (tertiary/aromatic N) is 1. The van der Waals surface area contributed by atoms with Crippen LogP contribution in [0.1, 0.15) is 34.6 Å². The Morgan fingerprint density at radius 3 is 2.22 bits per heavy atom. The van der Waals surface area contributed by atoms with E-state index in [4.69, 9.17) is 4.74 Å². The van der Waals surface area contributed by atoms with Gasteiger partial charge >= 0.3 is 13.1 Å². The fourth-order valence-corrected chi connectivity index (χ4v) is 1.98. The Bertz CT molecular complexity index is 383. The van der Waals surface area contributed by atoms with Gasteiger partial charge in [0, 0.05) is 12.1 Å². The second-order valence-electron chi connectivity index (χ2n) is 5.88.